The SMILES string of the molecule is CCC(=O)Nc1ccc(C=Cc2ccc(Cl)cc2Cl)cc1C(=O)OC. The van der Waals surface area contributed by atoms with E-state index in [9.17, 15) is 9.59 Å². The summed E-state index contributed by atoms with van der Waals surface area (Å²) < 4.78 is 4.79. The van der Waals surface area contributed by atoms with E-state index in [0.717, 1.165) is 11.1 Å². The van der Waals surface area contributed by atoms with Crippen LogP contribution in [0.15, 0.2) is 36.4 Å². The maximum atomic E-state index is 12.0. The van der Waals surface area contributed by atoms with Gasteiger partial charge in [0.1, 0.15) is 0 Å². The molecule has 0 fully saturated rings. The van der Waals surface area contributed by atoms with Crippen molar-refractivity contribution in [3.05, 3.63) is 63.1 Å². The van der Waals surface area contributed by atoms with Crippen molar-refractivity contribution < 1.29 is 14.3 Å². The van der Waals surface area contributed by atoms with Gasteiger partial charge < -0.3 is 10.1 Å². The van der Waals surface area contributed by atoms with Crippen LogP contribution in [0.25, 0.3) is 12.2 Å². The standard InChI is InChI=1S/C19H17Cl2NO3/c1-3-18(23)22-17-9-5-12(10-15(17)19(24)25-2)4-6-13-7-8-14(20)11-16(13)21/h4-11H,3H2,1-2H3,(H,22,23). The molecule has 0 unspecified atom stereocenters. The number of esters is 1. The molecule has 6 heteroatoms. The van der Waals surface area contributed by atoms with Crippen molar-refractivity contribution in [2.24, 2.45) is 0 Å². The van der Waals surface area contributed by atoms with Crippen molar-refractivity contribution in [2.45, 2.75) is 13.3 Å². The Morgan fingerprint density at radius 1 is 1.12 bits per heavy atom. The van der Waals surface area contributed by atoms with E-state index in [0.29, 0.717) is 22.2 Å². The van der Waals surface area contributed by atoms with Gasteiger partial charge >= 0.3 is 5.97 Å². The monoisotopic (exact) mass is 377 g/mol. The van der Waals surface area contributed by atoms with Crippen LogP contribution in [0.2, 0.25) is 10.0 Å². The number of ether oxygens (including phenoxy) is 1. The fourth-order valence-electron chi connectivity index (χ4n) is 2.11. The quantitative estimate of drug-likeness (QED) is 0.568. The molecule has 0 atom stereocenters. The van der Waals surface area contributed by atoms with Crippen LogP contribution in [0.3, 0.4) is 0 Å². The zero-order valence-corrected chi connectivity index (χ0v) is 15.3. The lowest BCUT2D eigenvalue weighted by atomic mass is 10.1. The molecular formula is C19H17Cl2NO3. The van der Waals surface area contributed by atoms with Gasteiger partial charge in [-0.15, -0.1) is 0 Å². The van der Waals surface area contributed by atoms with Crippen LogP contribution < -0.4 is 5.32 Å². The summed E-state index contributed by atoms with van der Waals surface area (Å²) in [5.41, 5.74) is 2.27. The van der Waals surface area contributed by atoms with Crippen LogP contribution in [0.4, 0.5) is 5.69 Å². The second-order valence-corrected chi connectivity index (χ2v) is 6.04. The van der Waals surface area contributed by atoms with Gasteiger partial charge in [0.15, 0.2) is 0 Å². The molecular weight excluding hydrogens is 361 g/mol. The number of methoxy groups -OCH3 is 1. The van der Waals surface area contributed by atoms with Crippen LogP contribution in [0, 0.1) is 0 Å². The van der Waals surface area contributed by atoms with Gasteiger partial charge in [-0.1, -0.05) is 54.4 Å². The number of carbonyl (C=O) groups is 2. The van der Waals surface area contributed by atoms with Crippen molar-refractivity contribution in [1.29, 1.82) is 0 Å². The summed E-state index contributed by atoms with van der Waals surface area (Å²) >= 11 is 12.0. The zero-order chi connectivity index (χ0) is 18.4. The van der Waals surface area contributed by atoms with E-state index in [1.54, 1.807) is 43.3 Å². The highest BCUT2D eigenvalue weighted by atomic mass is 35.5. The first-order valence-electron chi connectivity index (χ1n) is 7.60. The molecule has 0 saturated carbocycles. The number of hydrogen-bond donors (Lipinski definition) is 1. The molecule has 0 aliphatic carbocycles. The highest BCUT2D eigenvalue weighted by Gasteiger charge is 2.14. The number of nitrogens with one attached hydrogen (secondary N) is 1. The summed E-state index contributed by atoms with van der Waals surface area (Å²) in [7, 11) is 1.30. The molecule has 130 valence electrons. The Bertz CT molecular complexity index is 831. The van der Waals surface area contributed by atoms with E-state index in [-0.39, 0.29) is 11.5 Å². The fraction of sp³-hybridized carbons (Fsp3) is 0.158. The zero-order valence-electron chi connectivity index (χ0n) is 13.8. The second-order valence-electron chi connectivity index (χ2n) is 5.20. The topological polar surface area (TPSA) is 55.4 Å². The highest BCUT2D eigenvalue weighted by molar-refractivity contribution is 6.35. The van der Waals surface area contributed by atoms with Crippen molar-refractivity contribution in [3.63, 3.8) is 0 Å². The number of hydrogen-bond acceptors (Lipinski definition) is 3. The number of halogens is 2. The molecule has 0 aliphatic heterocycles. The van der Waals surface area contributed by atoms with Crippen molar-refractivity contribution in [2.75, 3.05) is 12.4 Å². The van der Waals surface area contributed by atoms with Gasteiger partial charge in [0.05, 0.1) is 18.4 Å². The minimum atomic E-state index is -0.522. The molecule has 0 aliphatic rings. The average molecular weight is 378 g/mol. The van der Waals surface area contributed by atoms with Gasteiger partial charge in [-0.05, 0) is 35.4 Å². The van der Waals surface area contributed by atoms with Crippen LogP contribution in [0.5, 0.6) is 0 Å². The van der Waals surface area contributed by atoms with Gasteiger partial charge in [-0.25, -0.2) is 4.79 Å². The van der Waals surface area contributed by atoms with Crippen LogP contribution >= 0.6 is 23.2 Å². The van der Waals surface area contributed by atoms with Gasteiger partial charge in [-0.3, -0.25) is 4.79 Å². The number of benzene rings is 2. The Morgan fingerprint density at radius 3 is 2.52 bits per heavy atom. The second kappa shape index (κ2) is 8.70. The van der Waals surface area contributed by atoms with Gasteiger partial charge in [0, 0.05) is 16.5 Å². The minimum absolute atomic E-state index is 0.179. The predicted octanol–water partition coefficient (Wildman–Crippen LogP) is 5.30. The van der Waals surface area contributed by atoms with Gasteiger partial charge in [0.25, 0.3) is 0 Å². The average Bonchev–Trinajstić information content (AvgIpc) is 2.61. The molecule has 0 spiro atoms. The fourth-order valence-corrected chi connectivity index (χ4v) is 2.59. The molecule has 1 N–H and O–H groups in total. The molecule has 0 heterocycles. The molecule has 2 aromatic carbocycles. The summed E-state index contributed by atoms with van der Waals surface area (Å²) in [5, 5.41) is 3.78. The maximum Gasteiger partial charge on any atom is 0.339 e. The number of anilines is 1. The molecule has 2 rings (SSSR count). The van der Waals surface area contributed by atoms with Crippen molar-refractivity contribution >= 4 is 52.9 Å². The Balaban J connectivity index is 2.34. The van der Waals surface area contributed by atoms with E-state index in [1.165, 1.54) is 7.11 Å². The van der Waals surface area contributed by atoms with Crippen LogP contribution in [0.1, 0.15) is 34.8 Å². The van der Waals surface area contributed by atoms with Crippen molar-refractivity contribution in [1.82, 2.24) is 0 Å². The molecule has 1 amide bonds. The normalized spacial score (nSPS) is 10.7. The largest absolute Gasteiger partial charge is 0.465 e. The Morgan fingerprint density at radius 2 is 1.88 bits per heavy atom. The molecule has 0 aromatic heterocycles. The maximum absolute atomic E-state index is 12.0. The van der Waals surface area contributed by atoms with E-state index in [4.69, 9.17) is 27.9 Å². The first-order valence-corrected chi connectivity index (χ1v) is 8.35. The molecule has 25 heavy (non-hydrogen) atoms. The molecule has 0 radical (unpaired) electrons. The number of rotatable bonds is 5. The molecule has 4 nitrogen and oxygen atoms in total. The lowest BCUT2D eigenvalue weighted by Gasteiger charge is -2.10. The smallest absolute Gasteiger partial charge is 0.339 e. The van der Waals surface area contributed by atoms with E-state index in [2.05, 4.69) is 5.32 Å². The third-order valence-corrected chi connectivity index (χ3v) is 4.02. The van der Waals surface area contributed by atoms with Crippen molar-refractivity contribution in [3.8, 4) is 0 Å². The first kappa shape index (κ1) is 19.0. The minimum Gasteiger partial charge on any atom is -0.465 e. The number of amides is 1. The summed E-state index contributed by atoms with van der Waals surface area (Å²) in [5.74, 6) is -0.701. The Hall–Kier alpha value is -2.30. The third-order valence-electron chi connectivity index (χ3n) is 3.46. The molecule has 0 saturated heterocycles. The predicted molar refractivity (Wildman–Crippen MR) is 102 cm³/mol. The summed E-state index contributed by atoms with van der Waals surface area (Å²) in [4.78, 5) is 23.6. The number of carbonyl (C=O) groups excluding carboxylic acids is 2. The molecule has 2 aromatic rings. The Kier molecular flexibility index (Phi) is 6.62. The highest BCUT2D eigenvalue weighted by Crippen LogP contribution is 2.24. The summed E-state index contributed by atoms with van der Waals surface area (Å²) in [6, 6.07) is 10.3. The molecule has 0 bridgehead atoms. The summed E-state index contributed by atoms with van der Waals surface area (Å²) in [6.45, 7) is 1.74. The van der Waals surface area contributed by atoms with E-state index < -0.39 is 5.97 Å². The first-order chi connectivity index (χ1) is 11.9. The Labute approximate surface area is 156 Å². The third kappa shape index (κ3) is 5.08. The van der Waals surface area contributed by atoms with E-state index in [1.807, 2.05) is 12.2 Å². The lowest BCUT2D eigenvalue weighted by molar-refractivity contribution is -0.115. The lowest BCUT2D eigenvalue weighted by Crippen LogP contribution is -2.14. The van der Waals surface area contributed by atoms with Crippen LogP contribution in [-0.4, -0.2) is 19.0 Å². The van der Waals surface area contributed by atoms with Gasteiger partial charge in [-0.2, -0.15) is 0 Å². The summed E-state index contributed by atoms with van der Waals surface area (Å²) in [6.07, 6.45) is 3.95. The van der Waals surface area contributed by atoms with Gasteiger partial charge in [0.2, 0.25) is 5.91 Å². The van der Waals surface area contributed by atoms with E-state index >= 15 is 0 Å². The van der Waals surface area contributed by atoms with Crippen LogP contribution in [-0.2, 0) is 9.53 Å².